The van der Waals surface area contributed by atoms with Crippen molar-refractivity contribution in [2.45, 2.75) is 31.0 Å². The van der Waals surface area contributed by atoms with E-state index in [1.807, 2.05) is 12.1 Å². The highest BCUT2D eigenvalue weighted by Crippen LogP contribution is 2.21. The van der Waals surface area contributed by atoms with Crippen LogP contribution in [0.15, 0.2) is 24.5 Å². The summed E-state index contributed by atoms with van der Waals surface area (Å²) in [5, 5.41) is 13.6. The lowest BCUT2D eigenvalue weighted by Crippen LogP contribution is -2.48. The van der Waals surface area contributed by atoms with Crippen molar-refractivity contribution >= 4 is 0 Å². The quantitative estimate of drug-likeness (QED) is 0.846. The van der Waals surface area contributed by atoms with Crippen LogP contribution >= 0.6 is 0 Å². The molecular formula is C15H23N3O2. The van der Waals surface area contributed by atoms with Crippen LogP contribution in [0.3, 0.4) is 0 Å². The van der Waals surface area contributed by atoms with Gasteiger partial charge in [0.2, 0.25) is 0 Å². The minimum absolute atomic E-state index is 0.282. The van der Waals surface area contributed by atoms with E-state index in [2.05, 4.69) is 15.2 Å². The van der Waals surface area contributed by atoms with Crippen LogP contribution < -0.4 is 10.1 Å². The molecule has 1 unspecified atom stereocenters. The summed E-state index contributed by atoms with van der Waals surface area (Å²) in [4.78, 5) is 6.35. The van der Waals surface area contributed by atoms with Gasteiger partial charge in [0.05, 0.1) is 5.60 Å². The van der Waals surface area contributed by atoms with Gasteiger partial charge in [0.25, 0.3) is 0 Å². The van der Waals surface area contributed by atoms with Gasteiger partial charge in [-0.1, -0.05) is 0 Å². The van der Waals surface area contributed by atoms with Crippen LogP contribution in [0.2, 0.25) is 0 Å². The smallest absolute Gasteiger partial charge is 0.122 e. The molecule has 0 spiro atoms. The average Bonchev–Trinajstić information content (AvgIpc) is 2.89. The third-order valence-corrected chi connectivity index (χ3v) is 4.23. The van der Waals surface area contributed by atoms with Crippen molar-refractivity contribution in [1.82, 2.24) is 15.2 Å². The Kier molecular flexibility index (Phi) is 4.19. The molecule has 3 rings (SSSR count). The summed E-state index contributed by atoms with van der Waals surface area (Å²) in [6.07, 6.45) is 6.70. The number of rotatable bonds is 4. The number of aromatic nitrogens is 1. The summed E-state index contributed by atoms with van der Waals surface area (Å²) in [6, 6.07) is 3.80. The van der Waals surface area contributed by atoms with Gasteiger partial charge in [0.1, 0.15) is 11.9 Å². The maximum atomic E-state index is 10.4. The highest BCUT2D eigenvalue weighted by Gasteiger charge is 2.34. The largest absolute Gasteiger partial charge is 0.490 e. The molecule has 1 atom stereocenters. The van der Waals surface area contributed by atoms with Crippen molar-refractivity contribution in [2.75, 3.05) is 32.7 Å². The van der Waals surface area contributed by atoms with Gasteiger partial charge >= 0.3 is 0 Å². The van der Waals surface area contributed by atoms with Crippen molar-refractivity contribution < 1.29 is 9.84 Å². The van der Waals surface area contributed by atoms with Gasteiger partial charge in [-0.3, -0.25) is 4.98 Å². The Morgan fingerprint density at radius 2 is 2.10 bits per heavy atom. The number of nitrogens with one attached hydrogen (secondary N) is 1. The molecule has 20 heavy (non-hydrogen) atoms. The van der Waals surface area contributed by atoms with E-state index in [1.165, 1.54) is 0 Å². The van der Waals surface area contributed by atoms with Gasteiger partial charge in [-0.15, -0.1) is 0 Å². The van der Waals surface area contributed by atoms with Crippen LogP contribution in [0.1, 0.15) is 19.3 Å². The summed E-state index contributed by atoms with van der Waals surface area (Å²) in [5.74, 6) is 0.900. The van der Waals surface area contributed by atoms with Gasteiger partial charge in [-0.25, -0.2) is 0 Å². The van der Waals surface area contributed by atoms with E-state index in [0.29, 0.717) is 0 Å². The number of likely N-dealkylation sites (tertiary alicyclic amines) is 1. The lowest BCUT2D eigenvalue weighted by Gasteiger charge is -2.36. The lowest BCUT2D eigenvalue weighted by atomic mass is 10.00. The summed E-state index contributed by atoms with van der Waals surface area (Å²) in [5.41, 5.74) is -0.529. The van der Waals surface area contributed by atoms with Crippen molar-refractivity contribution in [1.29, 1.82) is 0 Å². The molecule has 0 amide bonds. The minimum atomic E-state index is -0.529. The molecular weight excluding hydrogens is 254 g/mol. The molecule has 2 fully saturated rings. The van der Waals surface area contributed by atoms with Crippen LogP contribution in [0, 0.1) is 0 Å². The van der Waals surface area contributed by atoms with Crippen LogP contribution in [-0.4, -0.2) is 59.4 Å². The second-order valence-corrected chi connectivity index (χ2v) is 5.93. The Morgan fingerprint density at radius 3 is 2.75 bits per heavy atom. The molecule has 5 nitrogen and oxygen atoms in total. The van der Waals surface area contributed by atoms with Gasteiger partial charge in [-0.05, 0) is 37.9 Å². The van der Waals surface area contributed by atoms with Gasteiger partial charge in [0, 0.05) is 38.6 Å². The second kappa shape index (κ2) is 6.08. The van der Waals surface area contributed by atoms with Crippen LogP contribution in [-0.2, 0) is 0 Å². The first-order valence-electron chi connectivity index (χ1n) is 7.46. The molecule has 1 aromatic heterocycles. The van der Waals surface area contributed by atoms with Crippen molar-refractivity contribution in [3.63, 3.8) is 0 Å². The SMILES string of the molecule is OC1(CN2CCC(Oc3ccncc3)CC2)CCNC1. The zero-order chi connectivity index (χ0) is 13.8. The van der Waals surface area contributed by atoms with Crippen LogP contribution in [0.5, 0.6) is 5.75 Å². The topological polar surface area (TPSA) is 57.6 Å². The normalized spacial score (nSPS) is 28.6. The number of hydrogen-bond acceptors (Lipinski definition) is 5. The van der Waals surface area contributed by atoms with E-state index < -0.39 is 5.60 Å². The molecule has 1 aromatic rings. The van der Waals surface area contributed by atoms with E-state index in [9.17, 15) is 5.11 Å². The van der Waals surface area contributed by atoms with Gasteiger partial charge < -0.3 is 20.1 Å². The molecule has 110 valence electrons. The first-order valence-corrected chi connectivity index (χ1v) is 7.46. The summed E-state index contributed by atoms with van der Waals surface area (Å²) in [7, 11) is 0. The zero-order valence-corrected chi connectivity index (χ0v) is 11.8. The first kappa shape index (κ1) is 13.8. The molecule has 5 heteroatoms. The number of ether oxygens (including phenoxy) is 1. The number of β-amino-alcohol motifs (C(OH)–C–C–N with tert-alkyl or cyclic N) is 1. The molecule has 3 heterocycles. The zero-order valence-electron chi connectivity index (χ0n) is 11.8. The van der Waals surface area contributed by atoms with E-state index >= 15 is 0 Å². The molecule has 2 saturated heterocycles. The summed E-state index contributed by atoms with van der Waals surface area (Å²) >= 11 is 0. The molecule has 0 saturated carbocycles. The van der Waals surface area contributed by atoms with Gasteiger partial charge in [-0.2, -0.15) is 0 Å². The van der Waals surface area contributed by atoms with Crippen molar-refractivity contribution in [3.05, 3.63) is 24.5 Å². The summed E-state index contributed by atoms with van der Waals surface area (Å²) in [6.45, 7) is 4.43. The van der Waals surface area contributed by atoms with E-state index in [4.69, 9.17) is 4.74 Å². The third kappa shape index (κ3) is 3.48. The monoisotopic (exact) mass is 277 g/mol. The number of nitrogens with zero attached hydrogens (tertiary/aromatic N) is 2. The molecule has 2 N–H and O–H groups in total. The molecule has 0 aromatic carbocycles. The summed E-state index contributed by atoms with van der Waals surface area (Å²) < 4.78 is 5.96. The Labute approximate surface area is 120 Å². The Hall–Kier alpha value is -1.17. The third-order valence-electron chi connectivity index (χ3n) is 4.23. The maximum absolute atomic E-state index is 10.4. The average molecular weight is 277 g/mol. The fraction of sp³-hybridized carbons (Fsp3) is 0.667. The maximum Gasteiger partial charge on any atom is 0.122 e. The molecule has 0 aliphatic carbocycles. The fourth-order valence-electron chi connectivity index (χ4n) is 3.08. The highest BCUT2D eigenvalue weighted by atomic mass is 16.5. The molecule has 2 aliphatic heterocycles. The van der Waals surface area contributed by atoms with E-state index in [-0.39, 0.29) is 6.10 Å². The number of hydrogen-bond donors (Lipinski definition) is 2. The number of aliphatic hydroxyl groups is 1. The Bertz CT molecular complexity index is 412. The molecule has 2 aliphatic rings. The molecule has 0 bridgehead atoms. The number of pyridine rings is 1. The van der Waals surface area contributed by atoms with Gasteiger partial charge in [0.15, 0.2) is 0 Å². The highest BCUT2D eigenvalue weighted by molar-refractivity contribution is 5.17. The lowest BCUT2D eigenvalue weighted by molar-refractivity contribution is 0.00234. The van der Waals surface area contributed by atoms with Crippen molar-refractivity contribution in [3.8, 4) is 5.75 Å². The fourth-order valence-corrected chi connectivity index (χ4v) is 3.08. The number of piperidine rings is 1. The minimum Gasteiger partial charge on any atom is -0.490 e. The van der Waals surface area contributed by atoms with E-state index in [1.54, 1.807) is 12.4 Å². The van der Waals surface area contributed by atoms with Crippen LogP contribution in [0.25, 0.3) is 0 Å². The standard InChI is InChI=1S/C15H23N3O2/c19-15(5-8-17-11-15)12-18-9-3-14(4-10-18)20-13-1-6-16-7-2-13/h1-2,6-7,14,17,19H,3-5,8-12H2. The predicted octanol–water partition coefficient (Wildman–Crippen LogP) is 0.649. The first-order chi connectivity index (χ1) is 9.73. The predicted molar refractivity (Wildman–Crippen MR) is 76.8 cm³/mol. The Morgan fingerprint density at radius 1 is 1.35 bits per heavy atom. The second-order valence-electron chi connectivity index (χ2n) is 5.93. The van der Waals surface area contributed by atoms with Crippen LogP contribution in [0.4, 0.5) is 0 Å². The van der Waals surface area contributed by atoms with E-state index in [0.717, 1.165) is 57.7 Å². The molecule has 0 radical (unpaired) electrons. The van der Waals surface area contributed by atoms with Crippen molar-refractivity contribution in [2.24, 2.45) is 0 Å². The Balaban J connectivity index is 1.45.